The van der Waals surface area contributed by atoms with Crippen molar-refractivity contribution in [3.63, 3.8) is 0 Å². The average molecular weight is 541 g/mol. The molecule has 0 spiro atoms. The van der Waals surface area contributed by atoms with Gasteiger partial charge in [0.2, 0.25) is 19.5 Å². The number of sulfone groups is 1. The first kappa shape index (κ1) is 24.2. The van der Waals surface area contributed by atoms with Crippen molar-refractivity contribution in [2.45, 2.75) is 41.8 Å². The molecule has 1 fully saturated rings. The van der Waals surface area contributed by atoms with Crippen molar-refractivity contribution in [1.82, 2.24) is 24.5 Å². The van der Waals surface area contributed by atoms with Crippen LogP contribution in [0.4, 0.5) is 5.82 Å². The fourth-order valence-electron chi connectivity index (χ4n) is 3.95. The number of nitrogens with zero attached hydrogens (tertiary/aromatic N) is 5. The molecule has 3 aromatic heterocycles. The molecule has 0 radical (unpaired) electrons. The molecule has 0 amide bonds. The van der Waals surface area contributed by atoms with E-state index in [1.807, 2.05) is 12.1 Å². The van der Waals surface area contributed by atoms with E-state index in [-0.39, 0.29) is 32.4 Å². The van der Waals surface area contributed by atoms with E-state index < -0.39 is 47.0 Å². The highest BCUT2D eigenvalue weighted by molar-refractivity contribution is 7.93. The smallest absolute Gasteiger partial charge is 0.226 e. The minimum atomic E-state index is -3.70. The van der Waals surface area contributed by atoms with Crippen molar-refractivity contribution in [2.75, 3.05) is 17.7 Å². The van der Waals surface area contributed by atoms with Crippen LogP contribution in [0.5, 0.6) is 0 Å². The third-order valence-corrected chi connectivity index (χ3v) is 9.15. The van der Waals surface area contributed by atoms with Gasteiger partial charge in [0.1, 0.15) is 18.3 Å². The number of halogens is 1. The molecule has 3 unspecified atom stereocenters. The molecule has 0 saturated carbocycles. The molecule has 4 N–H and O–H groups in total. The fraction of sp³-hybridized carbons (Fsp3) is 0.400. The maximum Gasteiger partial charge on any atom is 0.226 e. The van der Waals surface area contributed by atoms with Gasteiger partial charge in [-0.15, -0.1) is 11.3 Å². The van der Waals surface area contributed by atoms with E-state index in [4.69, 9.17) is 16.3 Å². The van der Waals surface area contributed by atoms with Crippen molar-refractivity contribution in [1.29, 1.82) is 0 Å². The maximum atomic E-state index is 13.0. The SMILES string of the molecule is CC(CS(=O)(=O)c1nc2ccccc2s1)Nc1nc(Cl)nc2c1ncn2[C@@H]1O[C@H](CO)C(O)C1O. The van der Waals surface area contributed by atoms with Crippen molar-refractivity contribution in [3.05, 3.63) is 35.9 Å². The van der Waals surface area contributed by atoms with Crippen LogP contribution in [0.2, 0.25) is 5.28 Å². The predicted molar refractivity (Wildman–Crippen MR) is 128 cm³/mol. The lowest BCUT2D eigenvalue weighted by Crippen LogP contribution is -2.33. The largest absolute Gasteiger partial charge is 0.394 e. The Balaban J connectivity index is 1.40. The number of hydrogen-bond donors (Lipinski definition) is 4. The number of aromatic nitrogens is 5. The third-order valence-electron chi connectivity index (χ3n) is 5.58. The minimum Gasteiger partial charge on any atom is -0.394 e. The summed E-state index contributed by atoms with van der Waals surface area (Å²) in [6.07, 6.45) is -3.35. The Morgan fingerprint density at radius 3 is 2.71 bits per heavy atom. The first-order valence-corrected chi connectivity index (χ1v) is 13.4. The van der Waals surface area contributed by atoms with Crippen molar-refractivity contribution >= 4 is 60.0 Å². The first-order chi connectivity index (χ1) is 16.7. The van der Waals surface area contributed by atoms with Gasteiger partial charge in [-0.2, -0.15) is 9.97 Å². The Kier molecular flexibility index (Phi) is 6.37. The molecule has 1 aliphatic heterocycles. The van der Waals surface area contributed by atoms with Crippen LogP contribution in [-0.2, 0) is 14.6 Å². The lowest BCUT2D eigenvalue weighted by Gasteiger charge is -2.17. The van der Waals surface area contributed by atoms with Gasteiger partial charge in [-0.3, -0.25) is 4.57 Å². The highest BCUT2D eigenvalue weighted by Crippen LogP contribution is 2.33. The van der Waals surface area contributed by atoms with Crippen molar-refractivity contribution in [2.24, 2.45) is 0 Å². The van der Waals surface area contributed by atoms with Crippen LogP contribution >= 0.6 is 22.9 Å². The summed E-state index contributed by atoms with van der Waals surface area (Å²) >= 11 is 7.23. The van der Waals surface area contributed by atoms with Gasteiger partial charge >= 0.3 is 0 Å². The number of anilines is 1. The van der Waals surface area contributed by atoms with E-state index in [1.54, 1.807) is 19.1 Å². The average Bonchev–Trinajstić information content (AvgIpc) is 3.50. The van der Waals surface area contributed by atoms with E-state index in [9.17, 15) is 23.7 Å². The molecular weight excluding hydrogens is 520 g/mol. The minimum absolute atomic E-state index is 0.0341. The predicted octanol–water partition coefficient (Wildman–Crippen LogP) is 0.975. The molecule has 4 aromatic rings. The number of benzene rings is 1. The van der Waals surface area contributed by atoms with E-state index in [0.717, 1.165) is 16.0 Å². The quantitative estimate of drug-likeness (QED) is 0.246. The van der Waals surface area contributed by atoms with E-state index in [2.05, 4.69) is 25.3 Å². The molecule has 1 saturated heterocycles. The summed E-state index contributed by atoms with van der Waals surface area (Å²) < 4.78 is 33.7. The van der Waals surface area contributed by atoms with Crippen LogP contribution in [0.25, 0.3) is 21.4 Å². The maximum absolute atomic E-state index is 13.0. The van der Waals surface area contributed by atoms with Crippen molar-refractivity contribution < 1.29 is 28.5 Å². The Labute approximate surface area is 208 Å². The fourth-order valence-corrected chi connectivity index (χ4v) is 6.91. The number of ether oxygens (including phenoxy) is 1. The monoisotopic (exact) mass is 540 g/mol. The summed E-state index contributed by atoms with van der Waals surface area (Å²) in [5.41, 5.74) is 1.08. The second-order valence-corrected chi connectivity index (χ2v) is 11.7. The zero-order valence-corrected chi connectivity index (χ0v) is 20.6. The van der Waals surface area contributed by atoms with Gasteiger partial charge in [-0.25, -0.2) is 18.4 Å². The second kappa shape index (κ2) is 9.20. The second-order valence-electron chi connectivity index (χ2n) is 8.17. The molecule has 1 aliphatic rings. The normalized spacial score (nSPS) is 23.8. The first-order valence-electron chi connectivity index (χ1n) is 10.6. The summed E-state index contributed by atoms with van der Waals surface area (Å²) in [6, 6.07) is 6.60. The number of thiazole rings is 1. The molecule has 0 aliphatic carbocycles. The van der Waals surface area contributed by atoms with Crippen LogP contribution in [0.1, 0.15) is 13.2 Å². The summed E-state index contributed by atoms with van der Waals surface area (Å²) in [6.45, 7) is 1.19. The Morgan fingerprint density at radius 2 is 2.00 bits per heavy atom. The third kappa shape index (κ3) is 4.46. The zero-order chi connectivity index (χ0) is 24.9. The molecule has 186 valence electrons. The molecule has 4 heterocycles. The van der Waals surface area contributed by atoms with Gasteiger partial charge < -0.3 is 25.4 Å². The van der Waals surface area contributed by atoms with Crippen LogP contribution in [-0.4, -0.2) is 85.0 Å². The Bertz CT molecular complexity index is 1460. The Hall–Kier alpha value is -2.46. The van der Waals surface area contributed by atoms with Crippen molar-refractivity contribution in [3.8, 4) is 0 Å². The van der Waals surface area contributed by atoms with Crippen LogP contribution in [0, 0.1) is 0 Å². The van der Waals surface area contributed by atoms with Gasteiger partial charge in [0, 0.05) is 6.04 Å². The Morgan fingerprint density at radius 1 is 1.23 bits per heavy atom. The highest BCUT2D eigenvalue weighted by atomic mass is 35.5. The van der Waals surface area contributed by atoms with E-state index in [1.165, 1.54) is 10.9 Å². The summed E-state index contributed by atoms with van der Waals surface area (Å²) in [5, 5.41) is 32.7. The van der Waals surface area contributed by atoms with Gasteiger partial charge in [0.15, 0.2) is 23.2 Å². The van der Waals surface area contributed by atoms with Gasteiger partial charge in [0.25, 0.3) is 0 Å². The molecule has 5 atom stereocenters. The number of rotatable bonds is 7. The summed E-state index contributed by atoms with van der Waals surface area (Å²) in [7, 11) is -3.70. The summed E-state index contributed by atoms with van der Waals surface area (Å²) in [5.74, 6) is -0.0663. The van der Waals surface area contributed by atoms with Gasteiger partial charge in [-0.1, -0.05) is 12.1 Å². The molecule has 15 heteroatoms. The van der Waals surface area contributed by atoms with Gasteiger partial charge in [-0.05, 0) is 30.7 Å². The van der Waals surface area contributed by atoms with Gasteiger partial charge in [0.05, 0.1) is 28.9 Å². The van der Waals surface area contributed by atoms with Crippen LogP contribution in [0.15, 0.2) is 34.9 Å². The van der Waals surface area contributed by atoms with E-state index in [0.29, 0.717) is 5.52 Å². The molecule has 5 rings (SSSR count). The molecule has 35 heavy (non-hydrogen) atoms. The standard InChI is InChI=1S/C20H21ClN6O6S2/c1-9(7-35(31,32)20-24-10-4-2-3-5-12(10)34-20)23-16-13-17(26-19(21)25-16)27(8-22-13)18-15(30)14(29)11(6-28)33-18/h2-5,8-9,11,14-15,18,28-30H,6-7H2,1H3,(H,23,25,26)/t9?,11-,14?,15?,18-/m1/s1. The molecule has 0 bridgehead atoms. The number of para-hydroxylation sites is 1. The van der Waals surface area contributed by atoms with Crippen LogP contribution in [0.3, 0.4) is 0 Å². The topological polar surface area (TPSA) is 173 Å². The number of hydrogen-bond acceptors (Lipinski definition) is 12. The molecule has 12 nitrogen and oxygen atoms in total. The highest BCUT2D eigenvalue weighted by Gasteiger charge is 2.44. The van der Waals surface area contributed by atoms with Crippen LogP contribution < -0.4 is 5.32 Å². The lowest BCUT2D eigenvalue weighted by molar-refractivity contribution is -0.0511. The number of nitrogens with one attached hydrogen (secondary N) is 1. The molecular formula is C20H21ClN6O6S2. The lowest BCUT2D eigenvalue weighted by atomic mass is 10.1. The number of aliphatic hydroxyl groups excluding tert-OH is 3. The zero-order valence-electron chi connectivity index (χ0n) is 18.2. The molecule has 1 aromatic carbocycles. The number of fused-ring (bicyclic) bond motifs is 2. The van der Waals surface area contributed by atoms with E-state index >= 15 is 0 Å². The summed E-state index contributed by atoms with van der Waals surface area (Å²) in [4.78, 5) is 16.8. The number of aliphatic hydroxyl groups is 3. The number of imidazole rings is 1.